The van der Waals surface area contributed by atoms with Gasteiger partial charge in [-0.3, -0.25) is 0 Å². The van der Waals surface area contributed by atoms with E-state index in [2.05, 4.69) is 22.5 Å². The maximum atomic E-state index is 5.94. The summed E-state index contributed by atoms with van der Waals surface area (Å²) >= 11 is 3.45. The normalized spacial score (nSPS) is 12.2. The van der Waals surface area contributed by atoms with Crippen molar-refractivity contribution in [3.8, 4) is 5.75 Å². The van der Waals surface area contributed by atoms with Gasteiger partial charge in [-0.25, -0.2) is 0 Å². The van der Waals surface area contributed by atoms with Crippen LogP contribution in [0, 0.1) is 0 Å². The summed E-state index contributed by atoms with van der Waals surface area (Å²) in [6.07, 6.45) is 6.48. The molecule has 2 N–H and O–H groups in total. The Kier molecular flexibility index (Phi) is 7.06. The Morgan fingerprint density at radius 1 is 1.39 bits per heavy atom. The highest BCUT2D eigenvalue weighted by Crippen LogP contribution is 2.27. The second-order valence-electron chi connectivity index (χ2n) is 4.46. The summed E-state index contributed by atoms with van der Waals surface area (Å²) in [6.45, 7) is 6.44. The lowest BCUT2D eigenvalue weighted by Gasteiger charge is -2.14. The van der Waals surface area contributed by atoms with Gasteiger partial charge in [0, 0.05) is 16.1 Å². The number of benzene rings is 1. The Morgan fingerprint density at radius 2 is 2.17 bits per heavy atom. The van der Waals surface area contributed by atoms with Crippen LogP contribution in [0.3, 0.4) is 0 Å². The monoisotopic (exact) mass is 311 g/mol. The van der Waals surface area contributed by atoms with E-state index in [4.69, 9.17) is 10.5 Å². The van der Waals surface area contributed by atoms with E-state index in [1.54, 1.807) is 0 Å². The number of unbranched alkanes of at least 4 members (excludes halogenated alkanes) is 3. The van der Waals surface area contributed by atoms with Crippen molar-refractivity contribution >= 4 is 15.9 Å². The van der Waals surface area contributed by atoms with Gasteiger partial charge < -0.3 is 10.5 Å². The van der Waals surface area contributed by atoms with E-state index in [0.717, 1.165) is 35.2 Å². The number of allylic oxidation sites excluding steroid dienone is 1. The topological polar surface area (TPSA) is 35.2 Å². The number of halogens is 1. The summed E-state index contributed by atoms with van der Waals surface area (Å²) in [6, 6.07) is 5.97. The second kappa shape index (κ2) is 8.33. The van der Waals surface area contributed by atoms with Gasteiger partial charge in [-0.2, -0.15) is 0 Å². The summed E-state index contributed by atoms with van der Waals surface area (Å²) in [4.78, 5) is 0. The van der Waals surface area contributed by atoms with Crippen LogP contribution in [-0.2, 0) is 0 Å². The van der Waals surface area contributed by atoms with Crippen molar-refractivity contribution in [1.29, 1.82) is 0 Å². The molecular weight excluding hydrogens is 290 g/mol. The van der Waals surface area contributed by atoms with Gasteiger partial charge in [0.25, 0.3) is 0 Å². The molecular formula is C15H22BrNO. The number of nitrogens with two attached hydrogens (primary N) is 1. The lowest BCUT2D eigenvalue weighted by atomic mass is 10.1. The SMILES string of the molecule is C=CCCCCCOc1ccc(Br)cc1C(C)N. The zero-order chi connectivity index (χ0) is 13.4. The van der Waals surface area contributed by atoms with Crippen LogP contribution in [0.5, 0.6) is 5.75 Å². The first kappa shape index (κ1) is 15.3. The molecule has 0 fully saturated rings. The van der Waals surface area contributed by atoms with Crippen LogP contribution < -0.4 is 10.5 Å². The standard InChI is InChI=1S/C15H22BrNO/c1-3-4-5-6-7-10-18-15-9-8-13(16)11-14(15)12(2)17/h3,8-9,11-12H,1,4-7,10,17H2,2H3. The predicted molar refractivity (Wildman–Crippen MR) is 80.9 cm³/mol. The summed E-state index contributed by atoms with van der Waals surface area (Å²) < 4.78 is 6.84. The molecule has 0 saturated heterocycles. The van der Waals surface area contributed by atoms with Gasteiger partial charge in [0.15, 0.2) is 0 Å². The number of ether oxygens (including phenoxy) is 1. The van der Waals surface area contributed by atoms with E-state index < -0.39 is 0 Å². The molecule has 2 nitrogen and oxygen atoms in total. The third-order valence-electron chi connectivity index (χ3n) is 2.77. The molecule has 1 rings (SSSR count). The molecule has 0 heterocycles. The highest BCUT2D eigenvalue weighted by Gasteiger charge is 2.08. The van der Waals surface area contributed by atoms with E-state index in [1.165, 1.54) is 12.8 Å². The molecule has 1 atom stereocenters. The Morgan fingerprint density at radius 3 is 2.83 bits per heavy atom. The van der Waals surface area contributed by atoms with E-state index in [0.29, 0.717) is 0 Å². The average molecular weight is 312 g/mol. The van der Waals surface area contributed by atoms with Crippen molar-refractivity contribution in [1.82, 2.24) is 0 Å². The first-order valence-corrected chi connectivity index (χ1v) is 7.23. The number of hydrogen-bond donors (Lipinski definition) is 1. The molecule has 100 valence electrons. The van der Waals surface area contributed by atoms with Crippen LogP contribution in [-0.4, -0.2) is 6.61 Å². The molecule has 1 unspecified atom stereocenters. The van der Waals surface area contributed by atoms with Gasteiger partial charge in [-0.05, 0) is 50.8 Å². The van der Waals surface area contributed by atoms with Gasteiger partial charge in [0.1, 0.15) is 5.75 Å². The Hall–Kier alpha value is -0.800. The zero-order valence-electron chi connectivity index (χ0n) is 11.0. The van der Waals surface area contributed by atoms with E-state index in [-0.39, 0.29) is 6.04 Å². The van der Waals surface area contributed by atoms with Crippen LogP contribution in [0.4, 0.5) is 0 Å². The first-order valence-electron chi connectivity index (χ1n) is 6.44. The molecule has 18 heavy (non-hydrogen) atoms. The summed E-state index contributed by atoms with van der Waals surface area (Å²) in [5.74, 6) is 0.900. The van der Waals surface area contributed by atoms with Crippen LogP contribution in [0.2, 0.25) is 0 Å². The molecule has 0 radical (unpaired) electrons. The molecule has 0 bridgehead atoms. The highest BCUT2D eigenvalue weighted by molar-refractivity contribution is 9.10. The lowest BCUT2D eigenvalue weighted by Crippen LogP contribution is -2.08. The minimum atomic E-state index is -0.0155. The van der Waals surface area contributed by atoms with Gasteiger partial charge in [-0.15, -0.1) is 6.58 Å². The Bertz CT molecular complexity index is 377. The van der Waals surface area contributed by atoms with E-state index >= 15 is 0 Å². The fourth-order valence-corrected chi connectivity index (χ4v) is 2.14. The zero-order valence-corrected chi connectivity index (χ0v) is 12.6. The number of hydrogen-bond acceptors (Lipinski definition) is 2. The minimum Gasteiger partial charge on any atom is -0.493 e. The van der Waals surface area contributed by atoms with E-state index in [9.17, 15) is 0 Å². The molecule has 1 aromatic rings. The summed E-state index contributed by atoms with van der Waals surface area (Å²) in [7, 11) is 0. The molecule has 0 aliphatic heterocycles. The van der Waals surface area contributed by atoms with Crippen molar-refractivity contribution in [2.45, 2.75) is 38.6 Å². The predicted octanol–water partition coefficient (Wildman–Crippen LogP) is 4.59. The average Bonchev–Trinajstić information content (AvgIpc) is 2.35. The molecule has 0 aliphatic rings. The van der Waals surface area contributed by atoms with Crippen LogP contribution >= 0.6 is 15.9 Å². The summed E-state index contributed by atoms with van der Waals surface area (Å²) in [5.41, 5.74) is 6.99. The minimum absolute atomic E-state index is 0.0155. The van der Waals surface area contributed by atoms with Crippen molar-refractivity contribution < 1.29 is 4.74 Å². The molecule has 0 aliphatic carbocycles. The molecule has 3 heteroatoms. The van der Waals surface area contributed by atoms with Crippen LogP contribution in [0.1, 0.15) is 44.2 Å². The fourth-order valence-electron chi connectivity index (χ4n) is 1.76. The molecule has 1 aromatic carbocycles. The maximum Gasteiger partial charge on any atom is 0.124 e. The van der Waals surface area contributed by atoms with E-state index in [1.807, 2.05) is 31.2 Å². The first-order chi connectivity index (χ1) is 8.65. The third kappa shape index (κ3) is 5.23. The van der Waals surface area contributed by atoms with Gasteiger partial charge in [0.2, 0.25) is 0 Å². The Balaban J connectivity index is 2.44. The highest BCUT2D eigenvalue weighted by atomic mass is 79.9. The van der Waals surface area contributed by atoms with Crippen LogP contribution in [0.15, 0.2) is 35.3 Å². The number of rotatable bonds is 8. The molecule has 0 aromatic heterocycles. The van der Waals surface area contributed by atoms with Crippen molar-refractivity contribution in [3.63, 3.8) is 0 Å². The smallest absolute Gasteiger partial charge is 0.124 e. The molecule has 0 saturated carbocycles. The quantitative estimate of drug-likeness (QED) is 0.562. The van der Waals surface area contributed by atoms with Gasteiger partial charge >= 0.3 is 0 Å². The molecule has 0 amide bonds. The summed E-state index contributed by atoms with van der Waals surface area (Å²) in [5, 5.41) is 0. The third-order valence-corrected chi connectivity index (χ3v) is 3.27. The van der Waals surface area contributed by atoms with Crippen molar-refractivity contribution in [2.75, 3.05) is 6.61 Å². The molecule has 0 spiro atoms. The van der Waals surface area contributed by atoms with Gasteiger partial charge in [-0.1, -0.05) is 22.0 Å². The van der Waals surface area contributed by atoms with Gasteiger partial charge in [0.05, 0.1) is 6.61 Å². The van der Waals surface area contributed by atoms with Crippen LogP contribution in [0.25, 0.3) is 0 Å². The second-order valence-corrected chi connectivity index (χ2v) is 5.37. The fraction of sp³-hybridized carbons (Fsp3) is 0.467. The van der Waals surface area contributed by atoms with Crippen molar-refractivity contribution in [3.05, 3.63) is 40.9 Å². The van der Waals surface area contributed by atoms with Crippen molar-refractivity contribution in [2.24, 2.45) is 5.73 Å². The lowest BCUT2D eigenvalue weighted by molar-refractivity contribution is 0.301. The Labute approximate surface area is 118 Å². The maximum absolute atomic E-state index is 5.94. The largest absolute Gasteiger partial charge is 0.493 e.